The average Bonchev–Trinajstić information content (AvgIpc) is 3.12. The van der Waals surface area contributed by atoms with Crippen LogP contribution in [0.4, 0.5) is 4.79 Å². The fraction of sp³-hybridized carbons (Fsp3) is 0.381. The summed E-state index contributed by atoms with van der Waals surface area (Å²) in [5.41, 5.74) is 2.39. The van der Waals surface area contributed by atoms with Crippen LogP contribution in [0.2, 0.25) is 0 Å². The number of phenols is 1. The fourth-order valence-electron chi connectivity index (χ4n) is 3.74. The van der Waals surface area contributed by atoms with Gasteiger partial charge in [0.05, 0.1) is 0 Å². The van der Waals surface area contributed by atoms with Crippen molar-refractivity contribution in [3.8, 4) is 5.75 Å². The number of carbonyl (C=O) groups is 1. The van der Waals surface area contributed by atoms with E-state index in [0.717, 1.165) is 18.4 Å². The minimum Gasteiger partial charge on any atom is -0.508 e. The molecule has 0 aromatic heterocycles. The van der Waals surface area contributed by atoms with Gasteiger partial charge in [0.25, 0.3) is 0 Å². The Hall–Kier alpha value is -2.49. The second-order valence-electron chi connectivity index (χ2n) is 7.03. The van der Waals surface area contributed by atoms with Gasteiger partial charge in [-0.3, -0.25) is 0 Å². The number of phenolic OH excluding ortho intramolecular Hbond substituents is 1. The maximum absolute atomic E-state index is 12.5. The lowest BCUT2D eigenvalue weighted by atomic mass is 9.79. The number of urea groups is 1. The van der Waals surface area contributed by atoms with Gasteiger partial charge in [0.15, 0.2) is 0 Å². The smallest absolute Gasteiger partial charge is 0.317 e. The van der Waals surface area contributed by atoms with Crippen molar-refractivity contribution < 1.29 is 9.90 Å². The van der Waals surface area contributed by atoms with Gasteiger partial charge >= 0.3 is 6.03 Å². The minimum atomic E-state index is -0.0599. The highest BCUT2D eigenvalue weighted by Crippen LogP contribution is 2.40. The van der Waals surface area contributed by atoms with E-state index in [1.807, 2.05) is 18.2 Å². The van der Waals surface area contributed by atoms with Crippen molar-refractivity contribution in [3.05, 3.63) is 65.7 Å². The third kappa shape index (κ3) is 4.13. The van der Waals surface area contributed by atoms with Gasteiger partial charge in [-0.15, -0.1) is 0 Å². The van der Waals surface area contributed by atoms with Gasteiger partial charge in [-0.1, -0.05) is 55.3 Å². The summed E-state index contributed by atoms with van der Waals surface area (Å²) < 4.78 is 0. The maximum Gasteiger partial charge on any atom is 0.317 e. The second kappa shape index (κ2) is 7.60. The lowest BCUT2D eigenvalue weighted by Crippen LogP contribution is -2.44. The summed E-state index contributed by atoms with van der Waals surface area (Å²) >= 11 is 0. The van der Waals surface area contributed by atoms with Crippen LogP contribution >= 0.6 is 0 Å². The molecule has 25 heavy (non-hydrogen) atoms. The summed E-state index contributed by atoms with van der Waals surface area (Å²) in [4.78, 5) is 14.2. The van der Waals surface area contributed by atoms with Crippen LogP contribution in [0.15, 0.2) is 54.6 Å². The van der Waals surface area contributed by atoms with Crippen molar-refractivity contribution in [2.45, 2.75) is 37.6 Å². The monoisotopic (exact) mass is 338 g/mol. The summed E-state index contributed by atoms with van der Waals surface area (Å²) in [6, 6.07) is 17.4. The minimum absolute atomic E-state index is 0.0599. The Morgan fingerprint density at radius 3 is 2.36 bits per heavy atom. The molecule has 0 bridgehead atoms. The van der Waals surface area contributed by atoms with E-state index >= 15 is 0 Å². The fourth-order valence-corrected chi connectivity index (χ4v) is 3.74. The first-order chi connectivity index (χ1) is 12.1. The van der Waals surface area contributed by atoms with E-state index in [-0.39, 0.29) is 17.2 Å². The third-order valence-electron chi connectivity index (χ3n) is 5.23. The third-order valence-corrected chi connectivity index (χ3v) is 5.23. The molecular formula is C21H26N2O2. The van der Waals surface area contributed by atoms with Gasteiger partial charge in [0.1, 0.15) is 5.75 Å². The molecule has 1 saturated carbocycles. The van der Waals surface area contributed by atoms with Crippen LogP contribution < -0.4 is 5.32 Å². The molecule has 4 nitrogen and oxygen atoms in total. The molecule has 0 heterocycles. The zero-order valence-electron chi connectivity index (χ0n) is 14.7. The summed E-state index contributed by atoms with van der Waals surface area (Å²) in [6.45, 7) is 1.19. The number of amides is 2. The standard InChI is InChI=1S/C21H26N2O2/c1-23(15-17-9-11-19(24)12-10-17)20(25)22-16-21(13-5-6-14-21)18-7-3-2-4-8-18/h2-4,7-12,24H,5-6,13-16H2,1H3,(H,22,25). The number of rotatable bonds is 5. The Balaban J connectivity index is 1.61. The lowest BCUT2D eigenvalue weighted by Gasteiger charge is -2.31. The van der Waals surface area contributed by atoms with Crippen LogP contribution in [0.3, 0.4) is 0 Å². The first-order valence-electron chi connectivity index (χ1n) is 8.91. The van der Waals surface area contributed by atoms with E-state index in [2.05, 4.69) is 29.6 Å². The summed E-state index contributed by atoms with van der Waals surface area (Å²) in [5.74, 6) is 0.238. The van der Waals surface area contributed by atoms with Gasteiger partial charge in [-0.05, 0) is 36.1 Å². The lowest BCUT2D eigenvalue weighted by molar-refractivity contribution is 0.203. The Labute approximate surface area is 149 Å². The average molecular weight is 338 g/mol. The molecule has 2 N–H and O–H groups in total. The SMILES string of the molecule is CN(Cc1ccc(O)cc1)C(=O)NCC1(c2ccccc2)CCCC1. The second-order valence-corrected chi connectivity index (χ2v) is 7.03. The van der Waals surface area contributed by atoms with E-state index in [0.29, 0.717) is 13.1 Å². The van der Waals surface area contributed by atoms with E-state index < -0.39 is 0 Å². The van der Waals surface area contributed by atoms with Crippen LogP contribution in [0.25, 0.3) is 0 Å². The first-order valence-corrected chi connectivity index (χ1v) is 8.91. The molecule has 1 fully saturated rings. The Morgan fingerprint density at radius 2 is 1.72 bits per heavy atom. The van der Waals surface area contributed by atoms with Gasteiger partial charge in [-0.25, -0.2) is 4.79 Å². The Morgan fingerprint density at radius 1 is 1.08 bits per heavy atom. The van der Waals surface area contributed by atoms with Crippen LogP contribution in [0.1, 0.15) is 36.8 Å². The molecule has 132 valence electrons. The van der Waals surface area contributed by atoms with Gasteiger partial charge in [0, 0.05) is 25.6 Å². The van der Waals surface area contributed by atoms with Crippen molar-refractivity contribution in [2.75, 3.05) is 13.6 Å². The largest absolute Gasteiger partial charge is 0.508 e. The molecule has 2 aromatic rings. The number of nitrogens with zero attached hydrogens (tertiary/aromatic N) is 1. The number of carbonyl (C=O) groups excluding carboxylic acids is 1. The van der Waals surface area contributed by atoms with Crippen LogP contribution in [0.5, 0.6) is 5.75 Å². The summed E-state index contributed by atoms with van der Waals surface area (Å²) in [7, 11) is 1.80. The number of hydrogen-bond donors (Lipinski definition) is 2. The van der Waals surface area contributed by atoms with Crippen molar-refractivity contribution in [2.24, 2.45) is 0 Å². The van der Waals surface area contributed by atoms with Crippen molar-refractivity contribution in [3.63, 3.8) is 0 Å². The van der Waals surface area contributed by atoms with E-state index in [9.17, 15) is 9.90 Å². The molecule has 1 aliphatic carbocycles. The molecule has 3 rings (SSSR count). The predicted octanol–water partition coefficient (Wildman–Crippen LogP) is 4.05. The van der Waals surface area contributed by atoms with Gasteiger partial charge in [-0.2, -0.15) is 0 Å². The molecule has 0 aliphatic heterocycles. The van der Waals surface area contributed by atoms with Gasteiger partial charge < -0.3 is 15.3 Å². The number of hydrogen-bond acceptors (Lipinski definition) is 2. The zero-order chi connectivity index (χ0) is 17.7. The highest BCUT2D eigenvalue weighted by Gasteiger charge is 2.35. The molecule has 0 unspecified atom stereocenters. The Bertz CT molecular complexity index is 692. The van der Waals surface area contributed by atoms with Crippen LogP contribution in [-0.2, 0) is 12.0 Å². The summed E-state index contributed by atoms with van der Waals surface area (Å²) in [6.07, 6.45) is 4.68. The summed E-state index contributed by atoms with van der Waals surface area (Å²) in [5, 5.41) is 12.5. The molecule has 0 atom stereocenters. The molecular weight excluding hydrogens is 312 g/mol. The molecule has 0 spiro atoms. The van der Waals surface area contributed by atoms with Crippen LogP contribution in [-0.4, -0.2) is 29.6 Å². The van der Waals surface area contributed by atoms with Gasteiger partial charge in [0.2, 0.25) is 0 Å². The highest BCUT2D eigenvalue weighted by atomic mass is 16.3. The first kappa shape index (κ1) is 17.3. The maximum atomic E-state index is 12.5. The van der Waals surface area contributed by atoms with E-state index in [4.69, 9.17) is 0 Å². The number of aromatic hydroxyl groups is 1. The van der Waals surface area contributed by atoms with E-state index in [1.54, 1.807) is 24.1 Å². The number of nitrogens with one attached hydrogen (secondary N) is 1. The molecule has 2 amide bonds. The van der Waals surface area contributed by atoms with Crippen molar-refractivity contribution in [1.82, 2.24) is 10.2 Å². The molecule has 0 saturated heterocycles. The zero-order valence-corrected chi connectivity index (χ0v) is 14.7. The molecule has 1 aliphatic rings. The molecule has 0 radical (unpaired) electrons. The van der Waals surface area contributed by atoms with Crippen molar-refractivity contribution >= 4 is 6.03 Å². The topological polar surface area (TPSA) is 52.6 Å². The molecule has 4 heteroatoms. The Kier molecular flexibility index (Phi) is 5.27. The predicted molar refractivity (Wildman–Crippen MR) is 99.6 cm³/mol. The highest BCUT2D eigenvalue weighted by molar-refractivity contribution is 5.74. The van der Waals surface area contributed by atoms with Crippen molar-refractivity contribution in [1.29, 1.82) is 0 Å². The molecule has 2 aromatic carbocycles. The number of benzene rings is 2. The quantitative estimate of drug-likeness (QED) is 0.864. The van der Waals surface area contributed by atoms with Crippen LogP contribution in [0, 0.1) is 0 Å². The normalized spacial score (nSPS) is 15.7. The van der Waals surface area contributed by atoms with E-state index in [1.165, 1.54) is 18.4 Å².